The molecule has 1 aliphatic heterocycles. The SMILES string of the molecule is CCC(CN(C=O)c1cncn(C2CCNC2)c1=O)c1c(F)cc(OC)cc1F.CNC(=O)c1ccc(Cl)cc1. The standard InChI is InChI=1S/C20H24F2N4O3.C8H8ClNO/c1-3-13(19-16(21)6-15(29-2)7-17(19)22)10-25(12-27)18-9-24-11-26(20(18)28)14-4-5-23-8-14;1-10-8(11)6-2-4-7(9)5-3-6/h6-7,9,11-14,23H,3-5,8,10H2,1-2H3;2-5H,1H3,(H,10,11). The van der Waals surface area contributed by atoms with Crippen LogP contribution in [0.15, 0.2) is 53.7 Å². The van der Waals surface area contributed by atoms with Crippen molar-refractivity contribution in [3.8, 4) is 5.75 Å². The van der Waals surface area contributed by atoms with Crippen LogP contribution in [-0.4, -0.2) is 55.7 Å². The molecule has 1 aromatic heterocycles. The fraction of sp³-hybridized carbons (Fsp3) is 0.357. The van der Waals surface area contributed by atoms with Crippen LogP contribution in [0.4, 0.5) is 14.5 Å². The Morgan fingerprint density at radius 1 is 1.30 bits per heavy atom. The lowest BCUT2D eigenvalue weighted by Crippen LogP contribution is -2.36. The number of amides is 2. The highest BCUT2D eigenvalue weighted by Crippen LogP contribution is 2.30. The van der Waals surface area contributed by atoms with Crippen LogP contribution in [0.5, 0.6) is 5.75 Å². The average Bonchev–Trinajstić information content (AvgIpc) is 3.50. The molecule has 9 nitrogen and oxygen atoms in total. The lowest BCUT2D eigenvalue weighted by Gasteiger charge is -2.25. The fourth-order valence-corrected chi connectivity index (χ4v) is 4.55. The van der Waals surface area contributed by atoms with Gasteiger partial charge in [0.15, 0.2) is 0 Å². The number of hydrogen-bond donors (Lipinski definition) is 2. The number of anilines is 1. The van der Waals surface area contributed by atoms with Crippen molar-refractivity contribution in [1.82, 2.24) is 20.2 Å². The average molecular weight is 576 g/mol. The molecule has 12 heteroatoms. The second kappa shape index (κ2) is 14.5. The maximum absolute atomic E-state index is 14.5. The van der Waals surface area contributed by atoms with Gasteiger partial charge in [-0.1, -0.05) is 18.5 Å². The Morgan fingerprint density at radius 2 is 1.98 bits per heavy atom. The van der Waals surface area contributed by atoms with E-state index in [2.05, 4.69) is 15.6 Å². The molecule has 0 bridgehead atoms. The molecule has 0 radical (unpaired) electrons. The summed E-state index contributed by atoms with van der Waals surface area (Å²) in [4.78, 5) is 40.9. The third-order valence-electron chi connectivity index (χ3n) is 6.65. The number of nitrogens with one attached hydrogen (secondary N) is 2. The van der Waals surface area contributed by atoms with Crippen molar-refractivity contribution in [2.24, 2.45) is 0 Å². The molecule has 0 spiro atoms. The highest BCUT2D eigenvalue weighted by molar-refractivity contribution is 6.30. The first-order chi connectivity index (χ1) is 19.2. The van der Waals surface area contributed by atoms with Gasteiger partial charge in [-0.25, -0.2) is 13.8 Å². The van der Waals surface area contributed by atoms with Crippen molar-refractivity contribution in [1.29, 1.82) is 0 Å². The summed E-state index contributed by atoms with van der Waals surface area (Å²) in [5.74, 6) is -2.17. The maximum atomic E-state index is 14.5. The highest BCUT2D eigenvalue weighted by atomic mass is 35.5. The first kappa shape index (κ1) is 30.7. The van der Waals surface area contributed by atoms with E-state index >= 15 is 0 Å². The van der Waals surface area contributed by atoms with Crippen molar-refractivity contribution >= 4 is 29.6 Å². The highest BCUT2D eigenvalue weighted by Gasteiger charge is 2.25. The molecule has 1 fully saturated rings. The topological polar surface area (TPSA) is 106 Å². The van der Waals surface area contributed by atoms with E-state index in [-0.39, 0.29) is 41.1 Å². The van der Waals surface area contributed by atoms with Crippen molar-refractivity contribution < 1.29 is 23.1 Å². The van der Waals surface area contributed by atoms with Crippen LogP contribution in [0.3, 0.4) is 0 Å². The summed E-state index contributed by atoms with van der Waals surface area (Å²) < 4.78 is 35.4. The number of benzene rings is 2. The summed E-state index contributed by atoms with van der Waals surface area (Å²) in [5, 5.41) is 6.34. The van der Waals surface area contributed by atoms with Gasteiger partial charge in [0.1, 0.15) is 23.1 Å². The number of carbonyl (C=O) groups excluding carboxylic acids is 2. The van der Waals surface area contributed by atoms with Gasteiger partial charge in [0.2, 0.25) is 6.41 Å². The summed E-state index contributed by atoms with van der Waals surface area (Å²) in [7, 11) is 2.92. The minimum Gasteiger partial charge on any atom is -0.497 e. The van der Waals surface area contributed by atoms with Gasteiger partial charge in [0, 0.05) is 54.3 Å². The molecule has 0 saturated carbocycles. The number of methoxy groups -OCH3 is 1. The third kappa shape index (κ3) is 7.42. The van der Waals surface area contributed by atoms with Crippen LogP contribution in [-0.2, 0) is 4.79 Å². The predicted octanol–water partition coefficient (Wildman–Crippen LogP) is 3.92. The number of nitrogens with zero attached hydrogens (tertiary/aromatic N) is 3. The van der Waals surface area contributed by atoms with Gasteiger partial charge in [-0.05, 0) is 43.7 Å². The minimum atomic E-state index is -0.750. The molecular formula is C28H32ClF2N5O4. The van der Waals surface area contributed by atoms with E-state index in [1.807, 2.05) is 0 Å². The van der Waals surface area contributed by atoms with Gasteiger partial charge in [-0.15, -0.1) is 0 Å². The van der Waals surface area contributed by atoms with E-state index in [9.17, 15) is 23.2 Å². The van der Waals surface area contributed by atoms with Gasteiger partial charge in [0.25, 0.3) is 11.5 Å². The number of ether oxygens (including phenoxy) is 1. The van der Waals surface area contributed by atoms with Crippen LogP contribution in [0.1, 0.15) is 47.6 Å². The van der Waals surface area contributed by atoms with Gasteiger partial charge in [-0.2, -0.15) is 0 Å². The van der Waals surface area contributed by atoms with Crippen LogP contribution in [0.2, 0.25) is 5.02 Å². The number of aromatic nitrogens is 2. The first-order valence-electron chi connectivity index (χ1n) is 12.7. The van der Waals surface area contributed by atoms with E-state index in [1.54, 1.807) is 38.2 Å². The van der Waals surface area contributed by atoms with Crippen molar-refractivity contribution in [3.05, 3.63) is 87.1 Å². The lowest BCUT2D eigenvalue weighted by atomic mass is 9.94. The molecule has 1 aliphatic rings. The summed E-state index contributed by atoms with van der Waals surface area (Å²) >= 11 is 5.63. The molecule has 40 heavy (non-hydrogen) atoms. The molecule has 2 N–H and O–H groups in total. The lowest BCUT2D eigenvalue weighted by molar-refractivity contribution is -0.107. The molecule has 2 atom stereocenters. The zero-order valence-corrected chi connectivity index (χ0v) is 23.3. The second-order valence-electron chi connectivity index (χ2n) is 9.09. The third-order valence-corrected chi connectivity index (χ3v) is 6.90. The van der Waals surface area contributed by atoms with Gasteiger partial charge < -0.3 is 20.3 Å². The van der Waals surface area contributed by atoms with Gasteiger partial charge in [0.05, 0.1) is 25.7 Å². The van der Waals surface area contributed by atoms with Gasteiger partial charge in [-0.3, -0.25) is 19.0 Å². The Balaban J connectivity index is 0.000000336. The molecule has 2 unspecified atom stereocenters. The molecule has 2 heterocycles. The van der Waals surface area contributed by atoms with Crippen molar-refractivity contribution in [3.63, 3.8) is 0 Å². The van der Waals surface area contributed by atoms with Crippen LogP contribution in [0.25, 0.3) is 0 Å². The molecule has 4 rings (SSSR count). The molecule has 1 saturated heterocycles. The fourth-order valence-electron chi connectivity index (χ4n) is 4.42. The molecule has 0 aliphatic carbocycles. The predicted molar refractivity (Wildman–Crippen MR) is 149 cm³/mol. The Labute approximate surface area is 236 Å². The van der Waals surface area contributed by atoms with Crippen molar-refractivity contribution in [2.75, 3.05) is 38.7 Å². The quantitative estimate of drug-likeness (QED) is 0.375. The number of hydrogen-bond acceptors (Lipinski definition) is 6. The summed E-state index contributed by atoms with van der Waals surface area (Å²) in [6.45, 7) is 3.16. The zero-order valence-electron chi connectivity index (χ0n) is 22.5. The first-order valence-corrected chi connectivity index (χ1v) is 13.1. The Bertz CT molecular complexity index is 1340. The number of carbonyl (C=O) groups is 2. The van der Waals surface area contributed by atoms with Crippen molar-refractivity contribution in [2.45, 2.75) is 31.7 Å². The van der Waals surface area contributed by atoms with Gasteiger partial charge >= 0.3 is 0 Å². The van der Waals surface area contributed by atoms with E-state index < -0.39 is 17.6 Å². The summed E-state index contributed by atoms with van der Waals surface area (Å²) in [5.41, 5.74) is 0.217. The van der Waals surface area contributed by atoms with E-state index in [4.69, 9.17) is 16.3 Å². The molecule has 214 valence electrons. The summed E-state index contributed by atoms with van der Waals surface area (Å²) in [6.07, 6.45) is 4.41. The minimum absolute atomic E-state index is 0.0399. The Morgan fingerprint density at radius 3 is 2.50 bits per heavy atom. The van der Waals surface area contributed by atoms with Crippen LogP contribution >= 0.6 is 11.6 Å². The van der Waals surface area contributed by atoms with E-state index in [0.717, 1.165) is 25.1 Å². The monoisotopic (exact) mass is 575 g/mol. The largest absolute Gasteiger partial charge is 0.497 e. The number of halogens is 3. The maximum Gasteiger partial charge on any atom is 0.277 e. The molecule has 2 aromatic carbocycles. The molecular weight excluding hydrogens is 544 g/mol. The van der Waals surface area contributed by atoms with Crippen LogP contribution < -0.4 is 25.8 Å². The Kier molecular flexibility index (Phi) is 11.2. The van der Waals surface area contributed by atoms with Crippen LogP contribution in [0, 0.1) is 11.6 Å². The normalized spacial score (nSPS) is 15.0. The second-order valence-corrected chi connectivity index (χ2v) is 9.53. The van der Waals surface area contributed by atoms with E-state index in [0.29, 0.717) is 30.0 Å². The Hall–Kier alpha value is -3.83. The smallest absolute Gasteiger partial charge is 0.277 e. The number of rotatable bonds is 9. The molecule has 3 aromatic rings. The zero-order chi connectivity index (χ0) is 29.2. The van der Waals surface area contributed by atoms with E-state index in [1.165, 1.54) is 29.1 Å². The summed E-state index contributed by atoms with van der Waals surface area (Å²) in [6, 6.07) is 8.91. The molecule has 2 amide bonds.